The summed E-state index contributed by atoms with van der Waals surface area (Å²) < 4.78 is 22.6. The van der Waals surface area contributed by atoms with Crippen molar-refractivity contribution in [3.63, 3.8) is 0 Å². The summed E-state index contributed by atoms with van der Waals surface area (Å²) in [5.74, 6) is 0.719. The van der Waals surface area contributed by atoms with Crippen molar-refractivity contribution in [2.24, 2.45) is 0 Å². The summed E-state index contributed by atoms with van der Waals surface area (Å²) in [7, 11) is 0. The molecule has 1 N–H and O–H groups in total. The second-order valence-electron chi connectivity index (χ2n) is 7.05. The lowest BCUT2D eigenvalue weighted by molar-refractivity contribution is -0.136. The summed E-state index contributed by atoms with van der Waals surface area (Å²) in [5.41, 5.74) is 2.90. The largest absolute Gasteiger partial charge is 0.492 e. The standard InChI is InChI=1S/C25H23NO6/c1-3-29-22(25(27)28)15-18-9-10-21(19-11-13-31-23(18)19)30-14-12-20-16(2)32-24(26-20)17-7-5-4-6-8-17/h4-11,13,15H,3,12,14H2,1-2H3,(H,27,28). The van der Waals surface area contributed by atoms with Crippen LogP contribution in [0.15, 0.2) is 69.4 Å². The zero-order chi connectivity index (χ0) is 22.5. The summed E-state index contributed by atoms with van der Waals surface area (Å²) in [6, 6.07) is 15.1. The Morgan fingerprint density at radius 2 is 1.97 bits per heavy atom. The first-order valence-corrected chi connectivity index (χ1v) is 10.3. The van der Waals surface area contributed by atoms with Crippen molar-refractivity contribution < 1.29 is 28.2 Å². The minimum absolute atomic E-state index is 0.144. The molecule has 2 aromatic carbocycles. The SMILES string of the molecule is CCOC(=Cc1ccc(OCCc2nc(-c3ccccc3)oc2C)c2ccoc12)C(=O)O. The Bertz CT molecular complexity index is 1250. The van der Waals surface area contributed by atoms with E-state index in [4.69, 9.17) is 18.3 Å². The normalized spacial score (nSPS) is 11.6. The van der Waals surface area contributed by atoms with Gasteiger partial charge in [0, 0.05) is 17.5 Å². The Balaban J connectivity index is 1.49. The minimum Gasteiger partial charge on any atom is -0.492 e. The number of ether oxygens (including phenoxy) is 2. The van der Waals surface area contributed by atoms with E-state index in [1.807, 2.05) is 37.3 Å². The van der Waals surface area contributed by atoms with E-state index in [9.17, 15) is 9.90 Å². The number of furan rings is 1. The third kappa shape index (κ3) is 4.51. The number of carbonyl (C=O) groups is 1. The summed E-state index contributed by atoms with van der Waals surface area (Å²) in [4.78, 5) is 16.0. The van der Waals surface area contributed by atoms with Crippen LogP contribution in [-0.4, -0.2) is 29.3 Å². The van der Waals surface area contributed by atoms with Crippen molar-refractivity contribution in [1.29, 1.82) is 0 Å². The van der Waals surface area contributed by atoms with Crippen LogP contribution in [-0.2, 0) is 16.0 Å². The van der Waals surface area contributed by atoms with Crippen LogP contribution in [0.25, 0.3) is 28.5 Å². The second-order valence-corrected chi connectivity index (χ2v) is 7.05. The smallest absolute Gasteiger partial charge is 0.371 e. The fraction of sp³-hybridized carbons (Fsp3) is 0.200. The molecule has 0 amide bonds. The van der Waals surface area contributed by atoms with Gasteiger partial charge < -0.3 is 23.4 Å². The van der Waals surface area contributed by atoms with Crippen molar-refractivity contribution in [2.75, 3.05) is 13.2 Å². The molecule has 4 rings (SSSR count). The lowest BCUT2D eigenvalue weighted by Crippen LogP contribution is -2.05. The van der Waals surface area contributed by atoms with Gasteiger partial charge in [-0.25, -0.2) is 9.78 Å². The van der Waals surface area contributed by atoms with Gasteiger partial charge in [-0.3, -0.25) is 0 Å². The van der Waals surface area contributed by atoms with Gasteiger partial charge in [-0.15, -0.1) is 0 Å². The maximum absolute atomic E-state index is 11.4. The van der Waals surface area contributed by atoms with Crippen molar-refractivity contribution in [1.82, 2.24) is 4.98 Å². The van der Waals surface area contributed by atoms with Crippen molar-refractivity contribution in [2.45, 2.75) is 20.3 Å². The van der Waals surface area contributed by atoms with E-state index < -0.39 is 5.97 Å². The lowest BCUT2D eigenvalue weighted by Gasteiger charge is -2.08. The molecule has 0 aliphatic carbocycles. The summed E-state index contributed by atoms with van der Waals surface area (Å²) in [5, 5.41) is 10.1. The molecule has 0 saturated heterocycles. The van der Waals surface area contributed by atoms with Crippen molar-refractivity contribution in [3.8, 4) is 17.2 Å². The van der Waals surface area contributed by atoms with E-state index in [-0.39, 0.29) is 12.4 Å². The molecule has 32 heavy (non-hydrogen) atoms. The van der Waals surface area contributed by atoms with Gasteiger partial charge >= 0.3 is 5.97 Å². The molecule has 0 atom stereocenters. The maximum Gasteiger partial charge on any atom is 0.371 e. The van der Waals surface area contributed by atoms with Gasteiger partial charge in [-0.05, 0) is 50.3 Å². The van der Waals surface area contributed by atoms with Gasteiger partial charge in [0.15, 0.2) is 0 Å². The van der Waals surface area contributed by atoms with Crippen molar-refractivity contribution >= 4 is 23.0 Å². The van der Waals surface area contributed by atoms with Crippen LogP contribution in [0.4, 0.5) is 0 Å². The number of benzene rings is 2. The Morgan fingerprint density at radius 1 is 1.16 bits per heavy atom. The van der Waals surface area contributed by atoms with E-state index in [1.54, 1.807) is 31.4 Å². The van der Waals surface area contributed by atoms with E-state index in [1.165, 1.54) is 6.08 Å². The fourth-order valence-corrected chi connectivity index (χ4v) is 3.38. The monoisotopic (exact) mass is 433 g/mol. The van der Waals surface area contributed by atoms with Gasteiger partial charge in [0.2, 0.25) is 11.6 Å². The molecule has 0 aliphatic heterocycles. The van der Waals surface area contributed by atoms with Crippen LogP contribution in [0.5, 0.6) is 5.75 Å². The molecule has 0 spiro atoms. The van der Waals surface area contributed by atoms with Crippen LogP contribution >= 0.6 is 0 Å². The summed E-state index contributed by atoms with van der Waals surface area (Å²) in [6.07, 6.45) is 3.58. The zero-order valence-electron chi connectivity index (χ0n) is 17.8. The molecule has 0 unspecified atom stereocenters. The molecule has 0 aliphatic rings. The molecular formula is C25H23NO6. The van der Waals surface area contributed by atoms with Gasteiger partial charge in [-0.1, -0.05) is 18.2 Å². The third-order valence-corrected chi connectivity index (χ3v) is 4.91. The number of carboxylic acid groups (broad SMARTS) is 1. The van der Waals surface area contributed by atoms with E-state index in [0.29, 0.717) is 35.8 Å². The molecule has 0 saturated carbocycles. The van der Waals surface area contributed by atoms with Crippen LogP contribution in [0.2, 0.25) is 0 Å². The predicted octanol–water partition coefficient (Wildman–Crippen LogP) is 5.48. The first-order chi connectivity index (χ1) is 15.6. The fourth-order valence-electron chi connectivity index (χ4n) is 3.38. The molecular weight excluding hydrogens is 410 g/mol. The number of nitrogens with zero attached hydrogens (tertiary/aromatic N) is 1. The predicted molar refractivity (Wildman–Crippen MR) is 119 cm³/mol. The first kappa shape index (κ1) is 21.2. The molecule has 7 nitrogen and oxygen atoms in total. The number of aliphatic carboxylic acids is 1. The van der Waals surface area contributed by atoms with Crippen LogP contribution in [0.1, 0.15) is 23.9 Å². The molecule has 7 heteroatoms. The van der Waals surface area contributed by atoms with Crippen molar-refractivity contribution in [3.05, 3.63) is 77.6 Å². The lowest BCUT2D eigenvalue weighted by atomic mass is 10.1. The second kappa shape index (κ2) is 9.43. The summed E-state index contributed by atoms with van der Waals surface area (Å²) in [6.45, 7) is 4.28. The molecule has 2 aromatic heterocycles. The maximum atomic E-state index is 11.4. The van der Waals surface area contributed by atoms with Crippen LogP contribution in [0.3, 0.4) is 0 Å². The van der Waals surface area contributed by atoms with E-state index in [2.05, 4.69) is 4.98 Å². The quantitative estimate of drug-likeness (QED) is 0.276. The van der Waals surface area contributed by atoms with Gasteiger partial charge in [0.1, 0.15) is 17.1 Å². The Morgan fingerprint density at radius 3 is 2.72 bits per heavy atom. The van der Waals surface area contributed by atoms with Crippen LogP contribution in [0, 0.1) is 6.92 Å². The van der Waals surface area contributed by atoms with Gasteiger partial charge in [0.05, 0.1) is 30.6 Å². The number of aromatic nitrogens is 1. The Labute approximate surface area is 184 Å². The van der Waals surface area contributed by atoms with Crippen LogP contribution < -0.4 is 4.74 Å². The van der Waals surface area contributed by atoms with Gasteiger partial charge in [0.25, 0.3) is 0 Å². The van der Waals surface area contributed by atoms with E-state index >= 15 is 0 Å². The molecule has 4 aromatic rings. The highest BCUT2D eigenvalue weighted by Crippen LogP contribution is 2.31. The number of hydrogen-bond donors (Lipinski definition) is 1. The number of rotatable bonds is 9. The molecule has 0 bridgehead atoms. The summed E-state index contributed by atoms with van der Waals surface area (Å²) >= 11 is 0. The topological polar surface area (TPSA) is 94.9 Å². The average Bonchev–Trinajstić information content (AvgIpc) is 3.43. The minimum atomic E-state index is -1.13. The number of oxazole rings is 1. The average molecular weight is 433 g/mol. The highest BCUT2D eigenvalue weighted by Gasteiger charge is 2.15. The zero-order valence-corrected chi connectivity index (χ0v) is 17.8. The van der Waals surface area contributed by atoms with Gasteiger partial charge in [-0.2, -0.15) is 0 Å². The third-order valence-electron chi connectivity index (χ3n) is 4.91. The Kier molecular flexibility index (Phi) is 6.26. The Hall–Kier alpha value is -4.00. The van der Waals surface area contributed by atoms with E-state index in [0.717, 1.165) is 22.4 Å². The molecule has 2 heterocycles. The highest BCUT2D eigenvalue weighted by atomic mass is 16.5. The number of hydrogen-bond acceptors (Lipinski definition) is 6. The number of fused-ring (bicyclic) bond motifs is 1. The highest BCUT2D eigenvalue weighted by molar-refractivity contribution is 5.96. The molecule has 0 radical (unpaired) electrons. The first-order valence-electron chi connectivity index (χ1n) is 10.3. The molecule has 164 valence electrons. The molecule has 0 fully saturated rings. The number of aryl methyl sites for hydroxylation is 1. The number of carboxylic acids is 1.